The molecule has 1 aromatic carbocycles. The van der Waals surface area contributed by atoms with Crippen molar-refractivity contribution in [2.45, 2.75) is 45.2 Å². The van der Waals surface area contributed by atoms with E-state index in [1.54, 1.807) is 0 Å². The summed E-state index contributed by atoms with van der Waals surface area (Å²) in [5.41, 5.74) is 0.856. The topological polar surface area (TPSA) is 35.5 Å². The molecule has 0 amide bonds. The van der Waals surface area contributed by atoms with Crippen LogP contribution in [0.5, 0.6) is 0 Å². The van der Waals surface area contributed by atoms with Gasteiger partial charge in [0.15, 0.2) is 0 Å². The van der Waals surface area contributed by atoms with Crippen LogP contribution in [-0.4, -0.2) is 42.3 Å². The first-order valence-corrected chi connectivity index (χ1v) is 8.26. The van der Waals surface area contributed by atoms with E-state index < -0.39 is 0 Å². The zero-order chi connectivity index (χ0) is 15.3. The van der Waals surface area contributed by atoms with E-state index in [9.17, 15) is 5.11 Å². The molecule has 2 rings (SSSR count). The number of rotatable bonds is 9. The molecular formula is C18H30N2O. The SMILES string of the molecule is CCN(CC(C)C)CC(CO)(NC1CC1)c1ccccc1. The zero-order valence-corrected chi connectivity index (χ0v) is 13.7. The minimum Gasteiger partial charge on any atom is -0.394 e. The van der Waals surface area contributed by atoms with Gasteiger partial charge in [0.2, 0.25) is 0 Å². The Morgan fingerprint density at radius 2 is 1.95 bits per heavy atom. The van der Waals surface area contributed by atoms with Crippen LogP contribution in [0.3, 0.4) is 0 Å². The zero-order valence-electron chi connectivity index (χ0n) is 13.7. The molecule has 1 atom stereocenters. The van der Waals surface area contributed by atoms with E-state index >= 15 is 0 Å². The van der Waals surface area contributed by atoms with E-state index in [0.717, 1.165) is 19.6 Å². The Hall–Kier alpha value is -0.900. The van der Waals surface area contributed by atoms with Crippen LogP contribution in [0.4, 0.5) is 0 Å². The molecular weight excluding hydrogens is 260 g/mol. The third-order valence-electron chi connectivity index (χ3n) is 4.22. The molecule has 1 aromatic rings. The summed E-state index contributed by atoms with van der Waals surface area (Å²) in [6.07, 6.45) is 2.45. The highest BCUT2D eigenvalue weighted by molar-refractivity contribution is 5.26. The standard InChI is InChI=1S/C18H30N2O/c1-4-20(12-15(2)3)13-18(14-21,19-17-10-11-17)16-8-6-5-7-9-16/h5-9,15,17,19,21H,4,10-14H2,1-3H3. The molecule has 1 aliphatic carbocycles. The molecule has 0 bridgehead atoms. The first-order valence-electron chi connectivity index (χ1n) is 8.26. The van der Waals surface area contributed by atoms with Crippen LogP contribution in [0.25, 0.3) is 0 Å². The van der Waals surface area contributed by atoms with E-state index in [2.05, 4.69) is 55.3 Å². The Balaban J connectivity index is 2.21. The summed E-state index contributed by atoms with van der Waals surface area (Å²) < 4.78 is 0. The summed E-state index contributed by atoms with van der Waals surface area (Å²) >= 11 is 0. The van der Waals surface area contributed by atoms with Gasteiger partial charge in [-0.05, 0) is 30.9 Å². The van der Waals surface area contributed by atoms with E-state index in [1.165, 1.54) is 18.4 Å². The van der Waals surface area contributed by atoms with Crippen LogP contribution in [0.15, 0.2) is 30.3 Å². The number of nitrogens with zero attached hydrogens (tertiary/aromatic N) is 1. The molecule has 0 aromatic heterocycles. The third kappa shape index (κ3) is 4.53. The lowest BCUT2D eigenvalue weighted by molar-refractivity contribution is 0.101. The van der Waals surface area contributed by atoms with E-state index in [1.807, 2.05) is 6.07 Å². The van der Waals surface area contributed by atoms with Crippen LogP contribution in [0.1, 0.15) is 39.2 Å². The molecule has 3 heteroatoms. The van der Waals surface area contributed by atoms with Gasteiger partial charge in [-0.3, -0.25) is 0 Å². The average molecular weight is 290 g/mol. The minimum atomic E-state index is -0.340. The van der Waals surface area contributed by atoms with Crippen LogP contribution < -0.4 is 5.32 Å². The van der Waals surface area contributed by atoms with Gasteiger partial charge in [-0.15, -0.1) is 0 Å². The van der Waals surface area contributed by atoms with E-state index in [-0.39, 0.29) is 12.1 Å². The van der Waals surface area contributed by atoms with E-state index in [4.69, 9.17) is 0 Å². The van der Waals surface area contributed by atoms with Crippen molar-refractivity contribution in [3.8, 4) is 0 Å². The Bertz CT molecular complexity index is 416. The first kappa shape index (κ1) is 16.5. The van der Waals surface area contributed by atoms with Crippen molar-refractivity contribution >= 4 is 0 Å². The summed E-state index contributed by atoms with van der Waals surface area (Å²) in [4.78, 5) is 2.45. The number of likely N-dealkylation sites (N-methyl/N-ethyl adjacent to an activating group) is 1. The Labute approximate surface area is 129 Å². The molecule has 0 spiro atoms. The highest BCUT2D eigenvalue weighted by atomic mass is 16.3. The lowest BCUT2D eigenvalue weighted by Gasteiger charge is -2.39. The van der Waals surface area contributed by atoms with Crippen molar-refractivity contribution in [2.24, 2.45) is 5.92 Å². The van der Waals surface area contributed by atoms with Crippen molar-refractivity contribution in [1.29, 1.82) is 0 Å². The Morgan fingerprint density at radius 1 is 1.29 bits per heavy atom. The van der Waals surface area contributed by atoms with Gasteiger partial charge in [-0.2, -0.15) is 0 Å². The van der Waals surface area contributed by atoms with Crippen molar-refractivity contribution in [3.05, 3.63) is 35.9 Å². The first-order chi connectivity index (χ1) is 10.1. The highest BCUT2D eigenvalue weighted by Crippen LogP contribution is 2.29. The summed E-state index contributed by atoms with van der Waals surface area (Å²) in [5.74, 6) is 0.637. The van der Waals surface area contributed by atoms with Gasteiger partial charge in [-0.1, -0.05) is 51.1 Å². The summed E-state index contributed by atoms with van der Waals surface area (Å²) in [6, 6.07) is 11.0. The second-order valence-electron chi connectivity index (χ2n) is 6.75. The molecule has 0 heterocycles. The van der Waals surface area contributed by atoms with Gasteiger partial charge in [-0.25, -0.2) is 0 Å². The maximum atomic E-state index is 10.2. The van der Waals surface area contributed by atoms with Gasteiger partial charge < -0.3 is 15.3 Å². The minimum absolute atomic E-state index is 0.141. The molecule has 21 heavy (non-hydrogen) atoms. The van der Waals surface area contributed by atoms with Gasteiger partial charge in [0.1, 0.15) is 0 Å². The lowest BCUT2D eigenvalue weighted by atomic mass is 9.89. The normalized spacial score (nSPS) is 18.2. The molecule has 1 aliphatic rings. The number of hydrogen-bond donors (Lipinski definition) is 2. The Kier molecular flexibility index (Phi) is 5.80. The summed E-state index contributed by atoms with van der Waals surface area (Å²) in [6.45, 7) is 9.78. The summed E-state index contributed by atoms with van der Waals surface area (Å²) in [7, 11) is 0. The molecule has 1 saturated carbocycles. The molecule has 0 radical (unpaired) electrons. The predicted molar refractivity (Wildman–Crippen MR) is 88.3 cm³/mol. The van der Waals surface area contributed by atoms with Crippen molar-refractivity contribution in [2.75, 3.05) is 26.2 Å². The lowest BCUT2D eigenvalue weighted by Crippen LogP contribution is -2.55. The fourth-order valence-corrected chi connectivity index (χ4v) is 2.99. The van der Waals surface area contributed by atoms with Gasteiger partial charge >= 0.3 is 0 Å². The van der Waals surface area contributed by atoms with Gasteiger partial charge in [0.05, 0.1) is 12.1 Å². The second kappa shape index (κ2) is 7.39. The maximum Gasteiger partial charge on any atom is 0.0799 e. The van der Waals surface area contributed by atoms with E-state index in [0.29, 0.717) is 12.0 Å². The van der Waals surface area contributed by atoms with Crippen molar-refractivity contribution < 1.29 is 5.11 Å². The molecule has 3 nitrogen and oxygen atoms in total. The highest BCUT2D eigenvalue weighted by Gasteiger charge is 2.38. The second-order valence-corrected chi connectivity index (χ2v) is 6.75. The molecule has 0 aliphatic heterocycles. The van der Waals surface area contributed by atoms with Gasteiger partial charge in [0.25, 0.3) is 0 Å². The maximum absolute atomic E-state index is 10.2. The number of aliphatic hydroxyl groups is 1. The Morgan fingerprint density at radius 3 is 2.43 bits per heavy atom. The van der Waals surface area contributed by atoms with Gasteiger partial charge in [0, 0.05) is 19.1 Å². The van der Waals surface area contributed by atoms with Crippen LogP contribution >= 0.6 is 0 Å². The largest absolute Gasteiger partial charge is 0.394 e. The number of hydrogen-bond acceptors (Lipinski definition) is 3. The molecule has 1 fully saturated rings. The quantitative estimate of drug-likeness (QED) is 0.734. The van der Waals surface area contributed by atoms with Crippen LogP contribution in [0.2, 0.25) is 0 Å². The monoisotopic (exact) mass is 290 g/mol. The molecule has 2 N–H and O–H groups in total. The molecule has 0 saturated heterocycles. The average Bonchev–Trinajstić information content (AvgIpc) is 3.30. The van der Waals surface area contributed by atoms with Crippen LogP contribution in [-0.2, 0) is 5.54 Å². The van der Waals surface area contributed by atoms with Crippen LogP contribution in [0, 0.1) is 5.92 Å². The predicted octanol–water partition coefficient (Wildman–Crippen LogP) is 2.60. The summed E-state index contributed by atoms with van der Waals surface area (Å²) in [5, 5.41) is 13.9. The number of benzene rings is 1. The fourth-order valence-electron chi connectivity index (χ4n) is 2.99. The molecule has 118 valence electrons. The smallest absolute Gasteiger partial charge is 0.0799 e. The fraction of sp³-hybridized carbons (Fsp3) is 0.667. The number of aliphatic hydroxyl groups excluding tert-OH is 1. The number of nitrogens with one attached hydrogen (secondary N) is 1. The molecule has 1 unspecified atom stereocenters. The van der Waals surface area contributed by atoms with Crippen molar-refractivity contribution in [3.63, 3.8) is 0 Å². The third-order valence-corrected chi connectivity index (χ3v) is 4.22. The van der Waals surface area contributed by atoms with Crippen molar-refractivity contribution in [1.82, 2.24) is 10.2 Å².